The van der Waals surface area contributed by atoms with Crippen LogP contribution in [0.3, 0.4) is 0 Å². The van der Waals surface area contributed by atoms with Crippen LogP contribution in [-0.2, 0) is 0 Å². The quantitative estimate of drug-likeness (QED) is 0.469. The average molecular weight is 122 g/mol. The predicted octanol–water partition coefficient (Wildman–Crippen LogP) is 2.92. The van der Waals surface area contributed by atoms with Crippen molar-refractivity contribution in [3.8, 4) is 0 Å². The third-order valence-corrected chi connectivity index (χ3v) is 2.03. The van der Waals surface area contributed by atoms with Crippen molar-refractivity contribution >= 4 is 0 Å². The summed E-state index contributed by atoms with van der Waals surface area (Å²) in [6.45, 7) is 4.49. The molecule has 0 aromatic rings. The summed E-state index contributed by atoms with van der Waals surface area (Å²) in [5.74, 6) is 0. The van der Waals surface area contributed by atoms with E-state index in [9.17, 15) is 0 Å². The number of hydrogen-bond donors (Lipinski definition) is 0. The Labute approximate surface area is 57.3 Å². The van der Waals surface area contributed by atoms with Gasteiger partial charge < -0.3 is 0 Å². The van der Waals surface area contributed by atoms with Gasteiger partial charge in [-0.1, -0.05) is 38.2 Å². The monoisotopic (exact) mass is 122 g/mol. The fraction of sp³-hybridized carbons (Fsp3) is 0.556. The van der Waals surface area contributed by atoms with Crippen LogP contribution in [0.1, 0.15) is 26.7 Å². The molecule has 0 aliphatic heterocycles. The Morgan fingerprint density at radius 3 is 2.22 bits per heavy atom. The first-order valence-electron chi connectivity index (χ1n) is 3.62. The first kappa shape index (κ1) is 6.60. The van der Waals surface area contributed by atoms with Gasteiger partial charge in [-0.3, -0.25) is 0 Å². The lowest BCUT2D eigenvalue weighted by Crippen LogP contribution is -2.08. The molecular weight excluding hydrogens is 108 g/mol. The van der Waals surface area contributed by atoms with Crippen molar-refractivity contribution in [2.45, 2.75) is 26.7 Å². The van der Waals surface area contributed by atoms with E-state index >= 15 is 0 Å². The summed E-state index contributed by atoms with van der Waals surface area (Å²) in [5, 5.41) is 0. The third kappa shape index (κ3) is 1.44. The molecule has 0 bridgehead atoms. The Morgan fingerprint density at radius 2 is 1.89 bits per heavy atom. The molecule has 0 unspecified atom stereocenters. The molecule has 0 amide bonds. The molecule has 50 valence electrons. The van der Waals surface area contributed by atoms with E-state index in [1.54, 1.807) is 0 Å². The fourth-order valence-corrected chi connectivity index (χ4v) is 1.04. The smallest absolute Gasteiger partial charge is 0.00303 e. The zero-order chi connectivity index (χ0) is 6.74. The Bertz CT molecular complexity index is 128. The standard InChI is InChI=1S/C9H14/c1-3-9(2)7-5-4-6-8-9/h5-8H,3-4H2,1-2H3. The molecule has 0 atom stereocenters. The SMILES string of the molecule is CCC1(C)C=CCC=C1. The topological polar surface area (TPSA) is 0 Å². The molecule has 0 saturated carbocycles. The normalized spacial score (nSPS) is 22.4. The highest BCUT2D eigenvalue weighted by Gasteiger charge is 2.14. The van der Waals surface area contributed by atoms with Crippen LogP contribution < -0.4 is 0 Å². The van der Waals surface area contributed by atoms with Crippen LogP contribution in [0.2, 0.25) is 0 Å². The van der Waals surface area contributed by atoms with E-state index in [1.165, 1.54) is 6.42 Å². The van der Waals surface area contributed by atoms with Gasteiger partial charge in [0.25, 0.3) is 0 Å². The van der Waals surface area contributed by atoms with Gasteiger partial charge in [-0.15, -0.1) is 0 Å². The van der Waals surface area contributed by atoms with Gasteiger partial charge in [-0.05, 0) is 12.8 Å². The van der Waals surface area contributed by atoms with Crippen LogP contribution in [0.4, 0.5) is 0 Å². The largest absolute Gasteiger partial charge is 0.0839 e. The van der Waals surface area contributed by atoms with Crippen LogP contribution in [0.15, 0.2) is 24.3 Å². The van der Waals surface area contributed by atoms with Crippen LogP contribution in [0, 0.1) is 5.41 Å². The van der Waals surface area contributed by atoms with Gasteiger partial charge >= 0.3 is 0 Å². The van der Waals surface area contributed by atoms with Gasteiger partial charge in [0.1, 0.15) is 0 Å². The highest BCUT2D eigenvalue weighted by Crippen LogP contribution is 2.27. The van der Waals surface area contributed by atoms with Crippen molar-refractivity contribution in [2.75, 3.05) is 0 Å². The lowest BCUT2D eigenvalue weighted by Gasteiger charge is -2.21. The fourth-order valence-electron chi connectivity index (χ4n) is 1.04. The minimum absolute atomic E-state index is 0.359. The van der Waals surface area contributed by atoms with Gasteiger partial charge in [0.15, 0.2) is 0 Å². The van der Waals surface area contributed by atoms with Crippen molar-refractivity contribution in [3.63, 3.8) is 0 Å². The molecule has 0 heterocycles. The zero-order valence-electron chi connectivity index (χ0n) is 6.22. The molecular formula is C9H14. The Balaban J connectivity index is 2.67. The highest BCUT2D eigenvalue weighted by atomic mass is 14.2. The molecule has 1 aliphatic rings. The first-order valence-corrected chi connectivity index (χ1v) is 3.62. The lowest BCUT2D eigenvalue weighted by atomic mass is 9.84. The summed E-state index contributed by atoms with van der Waals surface area (Å²) in [5.41, 5.74) is 0.359. The van der Waals surface area contributed by atoms with E-state index in [-0.39, 0.29) is 0 Å². The Kier molecular flexibility index (Phi) is 1.75. The van der Waals surface area contributed by atoms with E-state index in [1.807, 2.05) is 0 Å². The summed E-state index contributed by atoms with van der Waals surface area (Å²) in [6.07, 6.45) is 11.4. The summed E-state index contributed by atoms with van der Waals surface area (Å²) in [6, 6.07) is 0. The minimum Gasteiger partial charge on any atom is -0.0839 e. The van der Waals surface area contributed by atoms with Crippen molar-refractivity contribution < 1.29 is 0 Å². The third-order valence-electron chi connectivity index (χ3n) is 2.03. The number of allylic oxidation sites excluding steroid dienone is 4. The van der Waals surface area contributed by atoms with Crippen LogP contribution in [0.5, 0.6) is 0 Å². The average Bonchev–Trinajstić information content (AvgIpc) is 1.90. The van der Waals surface area contributed by atoms with E-state index < -0.39 is 0 Å². The lowest BCUT2D eigenvalue weighted by molar-refractivity contribution is 0.523. The molecule has 0 aromatic carbocycles. The Hall–Kier alpha value is -0.520. The number of rotatable bonds is 1. The predicted molar refractivity (Wildman–Crippen MR) is 41.3 cm³/mol. The maximum absolute atomic E-state index is 2.30. The summed E-state index contributed by atoms with van der Waals surface area (Å²) in [7, 11) is 0. The van der Waals surface area contributed by atoms with Gasteiger partial charge in [0, 0.05) is 5.41 Å². The van der Waals surface area contributed by atoms with E-state index in [0.717, 1.165) is 6.42 Å². The molecule has 0 nitrogen and oxygen atoms in total. The van der Waals surface area contributed by atoms with Crippen LogP contribution in [0.25, 0.3) is 0 Å². The van der Waals surface area contributed by atoms with Gasteiger partial charge in [-0.25, -0.2) is 0 Å². The van der Waals surface area contributed by atoms with E-state index in [2.05, 4.69) is 38.2 Å². The second-order valence-electron chi connectivity index (χ2n) is 2.90. The molecule has 1 rings (SSSR count). The maximum Gasteiger partial charge on any atom is 0.00303 e. The molecule has 0 spiro atoms. The van der Waals surface area contributed by atoms with Gasteiger partial charge in [-0.2, -0.15) is 0 Å². The molecule has 0 fully saturated rings. The van der Waals surface area contributed by atoms with Crippen molar-refractivity contribution in [2.24, 2.45) is 5.41 Å². The summed E-state index contributed by atoms with van der Waals surface area (Å²) >= 11 is 0. The summed E-state index contributed by atoms with van der Waals surface area (Å²) < 4.78 is 0. The van der Waals surface area contributed by atoms with E-state index in [0.29, 0.717) is 5.41 Å². The zero-order valence-corrected chi connectivity index (χ0v) is 6.22. The van der Waals surface area contributed by atoms with Gasteiger partial charge in [0.2, 0.25) is 0 Å². The van der Waals surface area contributed by atoms with Crippen molar-refractivity contribution in [1.82, 2.24) is 0 Å². The molecule has 0 heteroatoms. The van der Waals surface area contributed by atoms with Crippen LogP contribution >= 0.6 is 0 Å². The molecule has 0 radical (unpaired) electrons. The van der Waals surface area contributed by atoms with Crippen molar-refractivity contribution in [1.29, 1.82) is 0 Å². The first-order chi connectivity index (χ1) is 4.27. The maximum atomic E-state index is 2.30. The Morgan fingerprint density at radius 1 is 1.33 bits per heavy atom. The number of hydrogen-bond acceptors (Lipinski definition) is 0. The molecule has 0 N–H and O–H groups in total. The molecule has 0 saturated heterocycles. The molecule has 1 aliphatic carbocycles. The molecule has 9 heavy (non-hydrogen) atoms. The van der Waals surface area contributed by atoms with Crippen LogP contribution in [-0.4, -0.2) is 0 Å². The van der Waals surface area contributed by atoms with Crippen molar-refractivity contribution in [3.05, 3.63) is 24.3 Å². The molecule has 0 aromatic heterocycles. The minimum atomic E-state index is 0.359. The highest BCUT2D eigenvalue weighted by molar-refractivity contribution is 5.15. The second kappa shape index (κ2) is 2.38. The van der Waals surface area contributed by atoms with E-state index in [4.69, 9.17) is 0 Å². The summed E-state index contributed by atoms with van der Waals surface area (Å²) in [4.78, 5) is 0. The van der Waals surface area contributed by atoms with Gasteiger partial charge in [0.05, 0.1) is 0 Å². The second-order valence-corrected chi connectivity index (χ2v) is 2.90.